The van der Waals surface area contributed by atoms with E-state index in [-0.39, 0.29) is 6.10 Å². The summed E-state index contributed by atoms with van der Waals surface area (Å²) < 4.78 is 16.8. The number of methoxy groups -OCH3 is 1. The van der Waals surface area contributed by atoms with E-state index < -0.39 is 8.38 Å². The summed E-state index contributed by atoms with van der Waals surface area (Å²) in [6.45, 7) is 6.91. The molecular formula is C14H23O3P. The van der Waals surface area contributed by atoms with Gasteiger partial charge in [0.25, 0.3) is 0 Å². The van der Waals surface area contributed by atoms with Crippen molar-refractivity contribution in [2.24, 2.45) is 5.92 Å². The van der Waals surface area contributed by atoms with Crippen molar-refractivity contribution in [3.05, 3.63) is 30.3 Å². The second kappa shape index (κ2) is 8.47. The zero-order chi connectivity index (χ0) is 13.4. The van der Waals surface area contributed by atoms with Crippen molar-refractivity contribution in [1.82, 2.24) is 0 Å². The molecule has 18 heavy (non-hydrogen) atoms. The topological polar surface area (TPSA) is 27.7 Å². The molecular weight excluding hydrogens is 247 g/mol. The van der Waals surface area contributed by atoms with E-state index >= 15 is 0 Å². The Bertz CT molecular complexity index is 316. The predicted molar refractivity (Wildman–Crippen MR) is 76.1 cm³/mol. The fourth-order valence-electron chi connectivity index (χ4n) is 1.60. The minimum atomic E-state index is -0.900. The van der Waals surface area contributed by atoms with Gasteiger partial charge in [0.1, 0.15) is 5.75 Å². The highest BCUT2D eigenvalue weighted by atomic mass is 31.2. The lowest BCUT2D eigenvalue weighted by Crippen LogP contribution is -2.19. The summed E-state index contributed by atoms with van der Waals surface area (Å²) in [5.41, 5.74) is 0. The Labute approximate surface area is 111 Å². The summed E-state index contributed by atoms with van der Waals surface area (Å²) in [7, 11) is 0.828. The van der Waals surface area contributed by atoms with Crippen LogP contribution in [0.1, 0.15) is 20.3 Å². The Kier molecular flexibility index (Phi) is 7.26. The molecule has 0 saturated heterocycles. The van der Waals surface area contributed by atoms with Crippen molar-refractivity contribution >= 4 is 8.38 Å². The SMILES string of the molecule is CO[C@H](COP(C)Oc1ccccc1)CC(C)C. The standard InChI is InChI=1S/C14H23O3P/c1-12(2)10-14(15-3)11-16-18(4)17-13-8-6-5-7-9-13/h5-9,12,14H,10-11H2,1-4H3/t14-,18?/m0/s1. The first kappa shape index (κ1) is 15.4. The molecule has 0 aliphatic heterocycles. The Hall–Kier alpha value is -0.630. The lowest BCUT2D eigenvalue weighted by molar-refractivity contribution is 0.0447. The summed E-state index contributed by atoms with van der Waals surface area (Å²) in [6, 6.07) is 9.74. The lowest BCUT2D eigenvalue weighted by Gasteiger charge is -2.20. The van der Waals surface area contributed by atoms with E-state index in [2.05, 4.69) is 13.8 Å². The van der Waals surface area contributed by atoms with Gasteiger partial charge in [-0.25, -0.2) is 0 Å². The van der Waals surface area contributed by atoms with Crippen LogP contribution in [0.15, 0.2) is 30.3 Å². The van der Waals surface area contributed by atoms with Crippen LogP contribution in [0.3, 0.4) is 0 Å². The van der Waals surface area contributed by atoms with E-state index in [1.165, 1.54) is 0 Å². The zero-order valence-corrected chi connectivity index (χ0v) is 12.5. The normalized spacial score (nSPS) is 14.5. The van der Waals surface area contributed by atoms with E-state index in [1.54, 1.807) is 7.11 Å². The molecule has 1 aromatic rings. The first-order chi connectivity index (χ1) is 8.61. The monoisotopic (exact) mass is 270 g/mol. The van der Waals surface area contributed by atoms with Gasteiger partial charge in [-0.1, -0.05) is 32.0 Å². The van der Waals surface area contributed by atoms with E-state index in [9.17, 15) is 0 Å². The molecule has 102 valence electrons. The lowest BCUT2D eigenvalue weighted by atomic mass is 10.1. The van der Waals surface area contributed by atoms with Crippen LogP contribution < -0.4 is 4.52 Å². The van der Waals surface area contributed by atoms with Crippen molar-refractivity contribution in [2.45, 2.75) is 26.4 Å². The number of hydrogen-bond donors (Lipinski definition) is 0. The Morgan fingerprint density at radius 3 is 2.39 bits per heavy atom. The van der Waals surface area contributed by atoms with E-state index in [4.69, 9.17) is 13.8 Å². The van der Waals surface area contributed by atoms with Crippen LogP contribution in [0.25, 0.3) is 0 Å². The van der Waals surface area contributed by atoms with Gasteiger partial charge >= 0.3 is 0 Å². The van der Waals surface area contributed by atoms with Gasteiger partial charge in [-0.2, -0.15) is 0 Å². The van der Waals surface area contributed by atoms with E-state index in [0.717, 1.165) is 12.2 Å². The Morgan fingerprint density at radius 1 is 1.17 bits per heavy atom. The number of hydrogen-bond acceptors (Lipinski definition) is 3. The maximum atomic E-state index is 5.72. The van der Waals surface area contributed by atoms with Crippen LogP contribution in [0.5, 0.6) is 5.75 Å². The molecule has 0 amide bonds. The average Bonchev–Trinajstić information content (AvgIpc) is 2.35. The third-order valence-corrected chi connectivity index (χ3v) is 3.47. The van der Waals surface area contributed by atoms with Crippen LogP contribution in [0.2, 0.25) is 0 Å². The van der Waals surface area contributed by atoms with Crippen LogP contribution in [0, 0.1) is 5.92 Å². The van der Waals surface area contributed by atoms with Crippen LogP contribution in [-0.4, -0.2) is 26.5 Å². The first-order valence-electron chi connectivity index (χ1n) is 6.24. The summed E-state index contributed by atoms with van der Waals surface area (Å²) >= 11 is 0. The highest BCUT2D eigenvalue weighted by molar-refractivity contribution is 7.46. The van der Waals surface area contributed by atoms with Crippen molar-refractivity contribution in [1.29, 1.82) is 0 Å². The summed E-state index contributed by atoms with van der Waals surface area (Å²) in [5.74, 6) is 1.46. The molecule has 0 N–H and O–H groups in total. The molecule has 0 heterocycles. The third-order valence-electron chi connectivity index (χ3n) is 2.49. The molecule has 3 nitrogen and oxygen atoms in total. The zero-order valence-electron chi connectivity index (χ0n) is 11.6. The van der Waals surface area contributed by atoms with Crippen LogP contribution in [0.4, 0.5) is 0 Å². The van der Waals surface area contributed by atoms with Crippen molar-refractivity contribution in [2.75, 3.05) is 20.4 Å². The van der Waals surface area contributed by atoms with Crippen LogP contribution in [-0.2, 0) is 9.26 Å². The Balaban J connectivity index is 2.29. The molecule has 4 heteroatoms. The van der Waals surface area contributed by atoms with Crippen LogP contribution >= 0.6 is 8.38 Å². The molecule has 2 atom stereocenters. The quantitative estimate of drug-likeness (QED) is 0.666. The number of ether oxygens (including phenoxy) is 1. The molecule has 0 bridgehead atoms. The molecule has 0 radical (unpaired) electrons. The molecule has 1 unspecified atom stereocenters. The minimum Gasteiger partial charge on any atom is -0.448 e. The largest absolute Gasteiger partial charge is 0.448 e. The number of benzene rings is 1. The smallest absolute Gasteiger partial charge is 0.226 e. The highest BCUT2D eigenvalue weighted by Crippen LogP contribution is 2.35. The van der Waals surface area contributed by atoms with Gasteiger partial charge in [0.2, 0.25) is 8.38 Å². The molecule has 0 spiro atoms. The first-order valence-corrected chi connectivity index (χ1v) is 7.86. The van der Waals surface area contributed by atoms with Gasteiger partial charge in [0.05, 0.1) is 12.7 Å². The van der Waals surface area contributed by atoms with Gasteiger partial charge < -0.3 is 13.8 Å². The molecule has 0 saturated carbocycles. The maximum absolute atomic E-state index is 5.72. The molecule has 0 fully saturated rings. The van der Waals surface area contributed by atoms with Crippen molar-refractivity contribution < 1.29 is 13.8 Å². The van der Waals surface area contributed by atoms with Gasteiger partial charge in [-0.3, -0.25) is 0 Å². The average molecular weight is 270 g/mol. The summed E-state index contributed by atoms with van der Waals surface area (Å²) in [4.78, 5) is 0. The molecule has 0 aromatic heterocycles. The molecule has 0 aliphatic rings. The van der Waals surface area contributed by atoms with Gasteiger partial charge in [0, 0.05) is 13.8 Å². The van der Waals surface area contributed by atoms with Crippen molar-refractivity contribution in [3.63, 3.8) is 0 Å². The molecule has 0 aliphatic carbocycles. The fourth-order valence-corrected chi connectivity index (χ4v) is 2.45. The van der Waals surface area contributed by atoms with Gasteiger partial charge in [0.15, 0.2) is 0 Å². The Morgan fingerprint density at radius 2 is 1.83 bits per heavy atom. The summed E-state index contributed by atoms with van der Waals surface area (Å²) in [6.07, 6.45) is 1.15. The molecule has 1 aromatic carbocycles. The second-order valence-corrected chi connectivity index (χ2v) is 5.95. The van der Waals surface area contributed by atoms with E-state index in [1.807, 2.05) is 37.0 Å². The minimum absolute atomic E-state index is 0.148. The highest BCUT2D eigenvalue weighted by Gasteiger charge is 2.13. The predicted octanol–water partition coefficient (Wildman–Crippen LogP) is 4.08. The number of rotatable bonds is 8. The third kappa shape index (κ3) is 6.34. The van der Waals surface area contributed by atoms with E-state index in [0.29, 0.717) is 12.5 Å². The maximum Gasteiger partial charge on any atom is 0.226 e. The number of para-hydroxylation sites is 1. The second-order valence-electron chi connectivity index (χ2n) is 4.63. The molecule has 1 rings (SSSR count). The van der Waals surface area contributed by atoms with Crippen molar-refractivity contribution in [3.8, 4) is 5.75 Å². The fraction of sp³-hybridized carbons (Fsp3) is 0.571. The summed E-state index contributed by atoms with van der Waals surface area (Å²) in [5, 5.41) is 0. The van der Waals surface area contributed by atoms with Gasteiger partial charge in [-0.05, 0) is 24.5 Å². The van der Waals surface area contributed by atoms with Gasteiger partial charge in [-0.15, -0.1) is 0 Å².